The Kier molecular flexibility index (Phi) is 4.56. The predicted octanol–water partition coefficient (Wildman–Crippen LogP) is 3.03. The van der Waals surface area contributed by atoms with Gasteiger partial charge in [-0.25, -0.2) is 4.98 Å². The number of hydrogen-bond donors (Lipinski definition) is 2. The van der Waals surface area contributed by atoms with Crippen LogP contribution in [0.2, 0.25) is 5.02 Å². The lowest BCUT2D eigenvalue weighted by atomic mass is 10.2. The Balaban J connectivity index is 2.31. The molecule has 1 atom stereocenters. The molecule has 0 aliphatic carbocycles. The Hall–Kier alpha value is -1.39. The summed E-state index contributed by atoms with van der Waals surface area (Å²) in [6.45, 7) is 5.05. The van der Waals surface area contributed by atoms with Gasteiger partial charge >= 0.3 is 0 Å². The summed E-state index contributed by atoms with van der Waals surface area (Å²) >= 11 is 5.94. The molecule has 0 amide bonds. The van der Waals surface area contributed by atoms with Crippen LogP contribution in [-0.4, -0.2) is 16.5 Å². The summed E-state index contributed by atoms with van der Waals surface area (Å²) in [5, 5.41) is 4.49. The molecule has 19 heavy (non-hydrogen) atoms. The van der Waals surface area contributed by atoms with Gasteiger partial charge in [0.25, 0.3) is 5.56 Å². The first-order chi connectivity index (χ1) is 9.11. The van der Waals surface area contributed by atoms with E-state index in [4.69, 9.17) is 11.6 Å². The van der Waals surface area contributed by atoms with Gasteiger partial charge in [-0.1, -0.05) is 24.9 Å². The Labute approximate surface area is 117 Å². The molecule has 1 aromatic heterocycles. The maximum Gasteiger partial charge on any atom is 0.258 e. The van der Waals surface area contributed by atoms with Gasteiger partial charge in [0.05, 0.1) is 16.9 Å². The zero-order valence-electron chi connectivity index (χ0n) is 11.2. The number of aromatic amines is 1. The smallest absolute Gasteiger partial charge is 0.258 e. The van der Waals surface area contributed by atoms with Crippen LogP contribution in [0.25, 0.3) is 10.9 Å². The van der Waals surface area contributed by atoms with Crippen molar-refractivity contribution in [2.45, 2.75) is 32.7 Å². The summed E-state index contributed by atoms with van der Waals surface area (Å²) in [5.74, 6) is 0.649. The van der Waals surface area contributed by atoms with E-state index in [-0.39, 0.29) is 11.6 Å². The van der Waals surface area contributed by atoms with Crippen molar-refractivity contribution < 1.29 is 0 Å². The number of nitrogens with zero attached hydrogens (tertiary/aromatic N) is 1. The third-order valence-electron chi connectivity index (χ3n) is 3.08. The van der Waals surface area contributed by atoms with E-state index in [0.717, 1.165) is 19.4 Å². The zero-order chi connectivity index (χ0) is 13.8. The van der Waals surface area contributed by atoms with Crippen LogP contribution in [-0.2, 0) is 0 Å². The summed E-state index contributed by atoms with van der Waals surface area (Å²) < 4.78 is 0. The second-order valence-electron chi connectivity index (χ2n) is 4.64. The Morgan fingerprint density at radius 1 is 1.47 bits per heavy atom. The highest BCUT2D eigenvalue weighted by Gasteiger charge is 2.10. The van der Waals surface area contributed by atoms with Crippen LogP contribution in [0.5, 0.6) is 0 Å². The van der Waals surface area contributed by atoms with E-state index in [1.807, 2.05) is 6.92 Å². The van der Waals surface area contributed by atoms with Crippen molar-refractivity contribution in [2.75, 3.05) is 6.54 Å². The van der Waals surface area contributed by atoms with Gasteiger partial charge in [-0.15, -0.1) is 0 Å². The molecule has 0 spiro atoms. The molecule has 0 unspecified atom stereocenters. The average Bonchev–Trinajstić information content (AvgIpc) is 2.38. The standard InChI is InChI=1S/C14H18ClN3O/c1-3-4-7-16-9(2)13-17-12-8-10(15)5-6-11(12)14(19)18-13/h5-6,8-9,16H,3-4,7H2,1-2H3,(H,17,18,19)/t9-/m0/s1. The molecule has 102 valence electrons. The number of halogens is 1. The van der Waals surface area contributed by atoms with E-state index in [9.17, 15) is 4.79 Å². The highest BCUT2D eigenvalue weighted by Crippen LogP contribution is 2.16. The fourth-order valence-electron chi connectivity index (χ4n) is 1.93. The van der Waals surface area contributed by atoms with Crippen LogP contribution < -0.4 is 10.9 Å². The normalized spacial score (nSPS) is 12.8. The molecule has 0 radical (unpaired) electrons. The van der Waals surface area contributed by atoms with E-state index in [0.29, 0.717) is 21.7 Å². The molecule has 0 aliphatic heterocycles. The fourth-order valence-corrected chi connectivity index (χ4v) is 2.09. The van der Waals surface area contributed by atoms with Crippen LogP contribution in [0.3, 0.4) is 0 Å². The Bertz CT molecular complexity index is 624. The fraction of sp³-hybridized carbons (Fsp3) is 0.429. The third-order valence-corrected chi connectivity index (χ3v) is 3.31. The van der Waals surface area contributed by atoms with Gasteiger partial charge in [0.15, 0.2) is 0 Å². The highest BCUT2D eigenvalue weighted by atomic mass is 35.5. The number of benzene rings is 1. The van der Waals surface area contributed by atoms with Crippen molar-refractivity contribution in [3.05, 3.63) is 39.4 Å². The second kappa shape index (κ2) is 6.17. The molecule has 0 fully saturated rings. The molecule has 1 heterocycles. The molecule has 4 nitrogen and oxygen atoms in total. The SMILES string of the molecule is CCCCN[C@@H](C)c1nc2cc(Cl)ccc2c(=O)[nH]1. The van der Waals surface area contributed by atoms with Gasteiger partial charge in [0, 0.05) is 5.02 Å². The van der Waals surface area contributed by atoms with Gasteiger partial charge in [0.1, 0.15) is 5.82 Å². The lowest BCUT2D eigenvalue weighted by Gasteiger charge is -2.13. The summed E-state index contributed by atoms with van der Waals surface area (Å²) in [7, 11) is 0. The lowest BCUT2D eigenvalue weighted by Crippen LogP contribution is -2.24. The minimum absolute atomic E-state index is 0.0163. The highest BCUT2D eigenvalue weighted by molar-refractivity contribution is 6.31. The van der Waals surface area contributed by atoms with Crippen LogP contribution in [0.1, 0.15) is 38.6 Å². The molecule has 0 bridgehead atoms. The first-order valence-electron chi connectivity index (χ1n) is 6.54. The molecule has 2 N–H and O–H groups in total. The monoisotopic (exact) mass is 279 g/mol. The van der Waals surface area contributed by atoms with Crippen molar-refractivity contribution in [1.29, 1.82) is 0 Å². The van der Waals surface area contributed by atoms with Crippen molar-refractivity contribution in [1.82, 2.24) is 15.3 Å². The molecule has 0 aliphatic rings. The number of H-pyrrole nitrogens is 1. The number of aromatic nitrogens is 2. The maximum atomic E-state index is 12.0. The van der Waals surface area contributed by atoms with E-state index in [2.05, 4.69) is 22.2 Å². The van der Waals surface area contributed by atoms with Gasteiger partial charge in [-0.3, -0.25) is 4.79 Å². The maximum absolute atomic E-state index is 12.0. The molecule has 0 saturated carbocycles. The van der Waals surface area contributed by atoms with E-state index >= 15 is 0 Å². The minimum atomic E-state index is -0.124. The molecule has 0 saturated heterocycles. The van der Waals surface area contributed by atoms with E-state index in [1.165, 1.54) is 0 Å². The van der Waals surface area contributed by atoms with E-state index < -0.39 is 0 Å². The average molecular weight is 280 g/mol. The van der Waals surface area contributed by atoms with Gasteiger partial charge in [-0.05, 0) is 38.1 Å². The molecule has 1 aromatic carbocycles. The Morgan fingerprint density at radius 3 is 3.00 bits per heavy atom. The largest absolute Gasteiger partial charge is 0.309 e. The summed E-state index contributed by atoms with van der Waals surface area (Å²) in [6, 6.07) is 5.13. The van der Waals surface area contributed by atoms with Crippen molar-refractivity contribution in [3.63, 3.8) is 0 Å². The van der Waals surface area contributed by atoms with Crippen LogP contribution in [0.4, 0.5) is 0 Å². The number of hydrogen-bond acceptors (Lipinski definition) is 3. The first kappa shape index (κ1) is 14.0. The van der Waals surface area contributed by atoms with Crippen LogP contribution in [0, 0.1) is 0 Å². The molecular formula is C14H18ClN3O. The second-order valence-corrected chi connectivity index (χ2v) is 5.08. The topological polar surface area (TPSA) is 57.8 Å². The van der Waals surface area contributed by atoms with E-state index in [1.54, 1.807) is 18.2 Å². The van der Waals surface area contributed by atoms with Gasteiger partial charge in [-0.2, -0.15) is 0 Å². The molecule has 2 aromatic rings. The third kappa shape index (κ3) is 3.33. The quantitative estimate of drug-likeness (QED) is 0.827. The summed E-state index contributed by atoms with van der Waals surface area (Å²) in [5.41, 5.74) is 0.510. The molecule has 5 heteroatoms. The number of unbranched alkanes of at least 4 members (excludes halogenated alkanes) is 1. The number of nitrogens with one attached hydrogen (secondary N) is 2. The number of fused-ring (bicyclic) bond motifs is 1. The summed E-state index contributed by atoms with van der Waals surface area (Å²) in [4.78, 5) is 19.3. The number of rotatable bonds is 5. The van der Waals surface area contributed by atoms with Gasteiger partial charge in [0.2, 0.25) is 0 Å². The van der Waals surface area contributed by atoms with Crippen LogP contribution >= 0.6 is 11.6 Å². The van der Waals surface area contributed by atoms with Crippen molar-refractivity contribution >= 4 is 22.5 Å². The minimum Gasteiger partial charge on any atom is -0.309 e. The molecular weight excluding hydrogens is 262 g/mol. The lowest BCUT2D eigenvalue weighted by molar-refractivity contribution is 0.532. The molecule has 2 rings (SSSR count). The summed E-state index contributed by atoms with van der Waals surface area (Å²) in [6.07, 6.45) is 2.24. The first-order valence-corrected chi connectivity index (χ1v) is 6.92. The van der Waals surface area contributed by atoms with Gasteiger partial charge < -0.3 is 10.3 Å². The predicted molar refractivity (Wildman–Crippen MR) is 78.7 cm³/mol. The van der Waals surface area contributed by atoms with Crippen molar-refractivity contribution in [2.24, 2.45) is 0 Å². The Morgan fingerprint density at radius 2 is 2.26 bits per heavy atom. The van der Waals surface area contributed by atoms with Crippen molar-refractivity contribution in [3.8, 4) is 0 Å². The van der Waals surface area contributed by atoms with Crippen LogP contribution in [0.15, 0.2) is 23.0 Å². The zero-order valence-corrected chi connectivity index (χ0v) is 11.9.